The lowest BCUT2D eigenvalue weighted by Gasteiger charge is -2.45. The Morgan fingerprint density at radius 1 is 1.30 bits per heavy atom. The van der Waals surface area contributed by atoms with Crippen LogP contribution in [0.2, 0.25) is 0 Å². The minimum Gasteiger partial charge on any atom is -0.314 e. The van der Waals surface area contributed by atoms with E-state index in [1.807, 2.05) is 0 Å². The summed E-state index contributed by atoms with van der Waals surface area (Å²) in [4.78, 5) is 2.74. The largest absolute Gasteiger partial charge is 0.314 e. The molecule has 4 heteroatoms. The summed E-state index contributed by atoms with van der Waals surface area (Å²) in [5.74, 6) is 0. The second kappa shape index (κ2) is 5.86. The number of aromatic nitrogens is 2. The lowest BCUT2D eigenvalue weighted by molar-refractivity contribution is 0.0547. The van der Waals surface area contributed by atoms with Crippen LogP contribution in [0.1, 0.15) is 50.9 Å². The van der Waals surface area contributed by atoms with Gasteiger partial charge in [-0.15, -0.1) is 0 Å². The van der Waals surface area contributed by atoms with E-state index in [0.717, 1.165) is 26.1 Å². The summed E-state index contributed by atoms with van der Waals surface area (Å²) in [5, 5.41) is 8.32. The van der Waals surface area contributed by atoms with Gasteiger partial charge in [-0.2, -0.15) is 5.10 Å². The molecule has 0 bridgehead atoms. The molecule has 1 aromatic heterocycles. The van der Waals surface area contributed by atoms with Crippen molar-refractivity contribution in [3.63, 3.8) is 0 Å². The van der Waals surface area contributed by atoms with E-state index in [9.17, 15) is 0 Å². The van der Waals surface area contributed by atoms with Crippen molar-refractivity contribution in [2.75, 3.05) is 19.6 Å². The van der Waals surface area contributed by atoms with Crippen molar-refractivity contribution in [2.45, 2.75) is 64.6 Å². The van der Waals surface area contributed by atoms with Crippen LogP contribution in [0.3, 0.4) is 0 Å². The van der Waals surface area contributed by atoms with Gasteiger partial charge in [0, 0.05) is 38.3 Å². The molecule has 1 aliphatic heterocycles. The molecule has 0 amide bonds. The van der Waals surface area contributed by atoms with Crippen LogP contribution in [0.4, 0.5) is 0 Å². The van der Waals surface area contributed by atoms with Crippen molar-refractivity contribution in [3.8, 4) is 0 Å². The number of nitrogens with one attached hydrogen (secondary N) is 1. The summed E-state index contributed by atoms with van der Waals surface area (Å²) in [7, 11) is 0. The maximum absolute atomic E-state index is 4.70. The summed E-state index contributed by atoms with van der Waals surface area (Å²) < 4.78 is 2.20. The van der Waals surface area contributed by atoms with Gasteiger partial charge in [0.25, 0.3) is 0 Å². The molecule has 1 spiro atoms. The fourth-order valence-electron chi connectivity index (χ4n) is 3.94. The third kappa shape index (κ3) is 2.51. The van der Waals surface area contributed by atoms with E-state index in [2.05, 4.69) is 34.8 Å². The smallest absolute Gasteiger partial charge is 0.0625 e. The third-order valence-corrected chi connectivity index (χ3v) is 5.15. The number of aryl methyl sites for hydroxylation is 2. The standard InChI is InChI=1S/C16H28N4/c1-3-14-11-15(20(4-2)18-14)12-19-10-9-17-13-16(19)7-5-6-8-16/h11,17H,3-10,12-13H2,1-2H3. The molecule has 1 aliphatic carbocycles. The quantitative estimate of drug-likeness (QED) is 0.915. The van der Waals surface area contributed by atoms with Crippen molar-refractivity contribution >= 4 is 0 Å². The van der Waals surface area contributed by atoms with E-state index >= 15 is 0 Å². The summed E-state index contributed by atoms with van der Waals surface area (Å²) in [6, 6.07) is 2.31. The molecule has 2 heterocycles. The Kier molecular flexibility index (Phi) is 4.13. The van der Waals surface area contributed by atoms with E-state index in [1.165, 1.54) is 50.2 Å². The molecule has 3 rings (SSSR count). The molecule has 1 N–H and O–H groups in total. The molecule has 20 heavy (non-hydrogen) atoms. The van der Waals surface area contributed by atoms with Gasteiger partial charge in [0.2, 0.25) is 0 Å². The number of nitrogens with zero attached hydrogens (tertiary/aromatic N) is 3. The Balaban J connectivity index is 1.80. The van der Waals surface area contributed by atoms with Gasteiger partial charge < -0.3 is 5.32 Å². The highest BCUT2D eigenvalue weighted by molar-refractivity contribution is 5.12. The van der Waals surface area contributed by atoms with Gasteiger partial charge in [-0.3, -0.25) is 9.58 Å². The third-order valence-electron chi connectivity index (χ3n) is 5.15. The van der Waals surface area contributed by atoms with E-state index in [4.69, 9.17) is 5.10 Å². The molecular weight excluding hydrogens is 248 g/mol. The van der Waals surface area contributed by atoms with Gasteiger partial charge in [0.05, 0.1) is 11.4 Å². The van der Waals surface area contributed by atoms with Crippen molar-refractivity contribution < 1.29 is 0 Å². The van der Waals surface area contributed by atoms with Gasteiger partial charge in [0.15, 0.2) is 0 Å². The fourth-order valence-corrected chi connectivity index (χ4v) is 3.94. The van der Waals surface area contributed by atoms with Crippen LogP contribution in [0, 0.1) is 0 Å². The Morgan fingerprint density at radius 2 is 2.10 bits per heavy atom. The lowest BCUT2D eigenvalue weighted by Crippen LogP contribution is -2.59. The maximum Gasteiger partial charge on any atom is 0.0625 e. The first kappa shape index (κ1) is 14.1. The first-order valence-electron chi connectivity index (χ1n) is 8.29. The Hall–Kier alpha value is -0.870. The second-order valence-corrected chi connectivity index (χ2v) is 6.33. The van der Waals surface area contributed by atoms with Crippen LogP contribution in [-0.2, 0) is 19.5 Å². The molecule has 4 nitrogen and oxygen atoms in total. The van der Waals surface area contributed by atoms with E-state index < -0.39 is 0 Å². The van der Waals surface area contributed by atoms with Crippen LogP contribution < -0.4 is 5.32 Å². The topological polar surface area (TPSA) is 33.1 Å². The molecule has 0 atom stereocenters. The number of hydrogen-bond acceptors (Lipinski definition) is 3. The zero-order valence-corrected chi connectivity index (χ0v) is 13.0. The summed E-state index contributed by atoms with van der Waals surface area (Å²) in [6.45, 7) is 9.91. The van der Waals surface area contributed by atoms with Crippen molar-refractivity contribution in [3.05, 3.63) is 17.5 Å². The molecule has 2 fully saturated rings. The monoisotopic (exact) mass is 276 g/mol. The van der Waals surface area contributed by atoms with Crippen molar-refractivity contribution in [2.24, 2.45) is 0 Å². The van der Waals surface area contributed by atoms with Crippen LogP contribution in [0.5, 0.6) is 0 Å². The van der Waals surface area contributed by atoms with Crippen molar-refractivity contribution in [1.82, 2.24) is 20.0 Å². The zero-order chi connectivity index (χ0) is 14.0. The lowest BCUT2D eigenvalue weighted by atomic mass is 9.92. The fraction of sp³-hybridized carbons (Fsp3) is 0.812. The Bertz CT molecular complexity index is 445. The maximum atomic E-state index is 4.70. The van der Waals surface area contributed by atoms with Crippen molar-refractivity contribution in [1.29, 1.82) is 0 Å². The molecule has 112 valence electrons. The van der Waals surface area contributed by atoms with Gasteiger partial charge in [-0.1, -0.05) is 19.8 Å². The van der Waals surface area contributed by atoms with Gasteiger partial charge in [-0.05, 0) is 32.3 Å². The zero-order valence-electron chi connectivity index (χ0n) is 13.0. The van der Waals surface area contributed by atoms with Crippen LogP contribution >= 0.6 is 0 Å². The van der Waals surface area contributed by atoms with E-state index in [0.29, 0.717) is 5.54 Å². The van der Waals surface area contributed by atoms with Crippen LogP contribution in [-0.4, -0.2) is 39.9 Å². The molecule has 0 unspecified atom stereocenters. The molecule has 2 aliphatic rings. The average Bonchev–Trinajstić information content (AvgIpc) is 3.09. The van der Waals surface area contributed by atoms with E-state index in [1.54, 1.807) is 0 Å². The van der Waals surface area contributed by atoms with Gasteiger partial charge in [-0.25, -0.2) is 0 Å². The Morgan fingerprint density at radius 3 is 2.80 bits per heavy atom. The average molecular weight is 276 g/mol. The summed E-state index contributed by atoms with van der Waals surface area (Å²) >= 11 is 0. The number of piperazine rings is 1. The molecule has 0 aromatic carbocycles. The molecule has 1 saturated carbocycles. The first-order chi connectivity index (χ1) is 9.77. The second-order valence-electron chi connectivity index (χ2n) is 6.33. The predicted octanol–water partition coefficient (Wildman–Crippen LogP) is 2.18. The minimum absolute atomic E-state index is 0.424. The van der Waals surface area contributed by atoms with E-state index in [-0.39, 0.29) is 0 Å². The highest BCUT2D eigenvalue weighted by Crippen LogP contribution is 2.36. The highest BCUT2D eigenvalue weighted by atomic mass is 15.3. The first-order valence-corrected chi connectivity index (χ1v) is 8.29. The van der Waals surface area contributed by atoms with Crippen LogP contribution in [0.25, 0.3) is 0 Å². The Labute approximate surface area is 122 Å². The van der Waals surface area contributed by atoms with Crippen LogP contribution in [0.15, 0.2) is 6.07 Å². The number of hydrogen-bond donors (Lipinski definition) is 1. The minimum atomic E-state index is 0.424. The predicted molar refractivity (Wildman–Crippen MR) is 81.8 cm³/mol. The van der Waals surface area contributed by atoms with Gasteiger partial charge in [0.1, 0.15) is 0 Å². The normalized spacial score (nSPS) is 22.7. The molecule has 1 aromatic rings. The van der Waals surface area contributed by atoms with Gasteiger partial charge >= 0.3 is 0 Å². The molecule has 0 radical (unpaired) electrons. The number of rotatable bonds is 4. The SMILES string of the molecule is CCc1cc(CN2CCNCC23CCCC3)n(CC)n1. The highest BCUT2D eigenvalue weighted by Gasteiger charge is 2.41. The summed E-state index contributed by atoms with van der Waals surface area (Å²) in [6.07, 6.45) is 6.55. The summed E-state index contributed by atoms with van der Waals surface area (Å²) in [5.41, 5.74) is 3.06. The molecular formula is C16H28N4. The molecule has 1 saturated heterocycles.